The van der Waals surface area contributed by atoms with Crippen LogP contribution >= 0.6 is 34.8 Å². The van der Waals surface area contributed by atoms with Gasteiger partial charge >= 0.3 is 0 Å². The zero-order chi connectivity index (χ0) is 19.8. The van der Waals surface area contributed by atoms with Gasteiger partial charge in [-0.2, -0.15) is 0 Å². The number of oxime groups is 1. The summed E-state index contributed by atoms with van der Waals surface area (Å²) in [6.45, 7) is 0.164. The lowest BCUT2D eigenvalue weighted by Gasteiger charge is -2.13. The number of nitrogens with zero attached hydrogens (tertiary/aromatic N) is 1. The molecule has 0 saturated heterocycles. The molecule has 0 aliphatic carbocycles. The van der Waals surface area contributed by atoms with E-state index in [4.69, 9.17) is 44.4 Å². The minimum Gasteiger partial charge on any atom is -0.487 e. The molecule has 0 spiro atoms. The zero-order valence-corrected chi connectivity index (χ0v) is 16.9. The topological polar surface area (TPSA) is 59.9 Å². The minimum atomic E-state index is -0.369. The maximum Gasteiger partial charge on any atom is 0.273 e. The molecule has 0 unspecified atom stereocenters. The van der Waals surface area contributed by atoms with Crippen molar-refractivity contribution in [3.8, 4) is 5.75 Å². The van der Waals surface area contributed by atoms with Gasteiger partial charge in [0.15, 0.2) is 5.71 Å². The number of ether oxygens (including phenoxy) is 1. The minimum absolute atomic E-state index is 0.0883. The monoisotopic (exact) mass is 426 g/mol. The number of halogens is 3. The number of hydrogen-bond donors (Lipinski definition) is 1. The lowest BCUT2D eigenvalue weighted by Crippen LogP contribution is -2.29. The first kappa shape index (κ1) is 21.1. The molecule has 0 bridgehead atoms. The molecule has 5 nitrogen and oxygen atoms in total. The number of carbonyl (C=O) groups is 1. The van der Waals surface area contributed by atoms with E-state index in [9.17, 15) is 4.79 Å². The molecule has 0 aliphatic rings. The zero-order valence-electron chi connectivity index (χ0n) is 14.6. The Labute approximate surface area is 172 Å². The Balaban J connectivity index is 2.32. The van der Waals surface area contributed by atoms with Crippen molar-refractivity contribution in [2.24, 2.45) is 5.16 Å². The van der Waals surface area contributed by atoms with Crippen LogP contribution in [0.25, 0.3) is 6.08 Å². The van der Waals surface area contributed by atoms with Crippen LogP contribution < -0.4 is 10.1 Å². The second kappa shape index (κ2) is 10.2. The summed E-state index contributed by atoms with van der Waals surface area (Å²) >= 11 is 17.8. The van der Waals surface area contributed by atoms with Gasteiger partial charge in [-0.3, -0.25) is 4.79 Å². The summed E-state index contributed by atoms with van der Waals surface area (Å²) in [6.07, 6.45) is 1.53. The van der Waals surface area contributed by atoms with E-state index in [1.807, 2.05) is 12.1 Å². The molecule has 0 fully saturated rings. The number of hydrogen-bond acceptors (Lipinski definition) is 4. The molecule has 1 amide bonds. The molecular formula is C19H17Cl3N2O3. The SMILES string of the molecule is CNC(=O)/C(=N/OC)c1ccccc1COc1cccc(C=C(Cl)Cl)c1Cl. The Kier molecular flexibility index (Phi) is 7.98. The van der Waals surface area contributed by atoms with Gasteiger partial charge in [-0.1, -0.05) is 76.4 Å². The van der Waals surface area contributed by atoms with Gasteiger partial charge in [0, 0.05) is 12.6 Å². The van der Waals surface area contributed by atoms with Crippen LogP contribution in [-0.4, -0.2) is 25.8 Å². The Morgan fingerprint density at radius 3 is 2.59 bits per heavy atom. The first-order chi connectivity index (χ1) is 13.0. The quantitative estimate of drug-likeness (QED) is 0.510. The second-order valence-electron chi connectivity index (χ2n) is 5.24. The third-order valence-electron chi connectivity index (χ3n) is 3.54. The van der Waals surface area contributed by atoms with Crippen LogP contribution in [0.5, 0.6) is 5.75 Å². The van der Waals surface area contributed by atoms with Crippen LogP contribution in [0.3, 0.4) is 0 Å². The van der Waals surface area contributed by atoms with Gasteiger partial charge < -0.3 is 14.9 Å². The number of likely N-dealkylation sites (N-methyl/N-ethyl adjacent to an activating group) is 1. The molecule has 0 aromatic heterocycles. The van der Waals surface area contributed by atoms with E-state index in [2.05, 4.69) is 10.5 Å². The van der Waals surface area contributed by atoms with Gasteiger partial charge in [-0.05, 0) is 23.3 Å². The second-order valence-corrected chi connectivity index (χ2v) is 6.63. The molecule has 2 aromatic carbocycles. The first-order valence-electron chi connectivity index (χ1n) is 7.83. The van der Waals surface area contributed by atoms with Crippen LogP contribution in [0.2, 0.25) is 5.02 Å². The summed E-state index contributed by atoms with van der Waals surface area (Å²) in [4.78, 5) is 16.9. The molecule has 0 atom stereocenters. The normalized spacial score (nSPS) is 10.9. The average molecular weight is 428 g/mol. The van der Waals surface area contributed by atoms with Gasteiger partial charge in [0.25, 0.3) is 5.91 Å². The number of carbonyl (C=O) groups excluding carboxylic acids is 1. The van der Waals surface area contributed by atoms with Crippen molar-refractivity contribution in [3.05, 3.63) is 68.7 Å². The van der Waals surface area contributed by atoms with Gasteiger partial charge in [-0.15, -0.1) is 0 Å². The van der Waals surface area contributed by atoms with Crippen LogP contribution in [0, 0.1) is 0 Å². The van der Waals surface area contributed by atoms with Crippen molar-refractivity contribution in [2.75, 3.05) is 14.2 Å². The summed E-state index contributed by atoms with van der Waals surface area (Å²) < 4.78 is 5.94. The summed E-state index contributed by atoms with van der Waals surface area (Å²) in [5.74, 6) is 0.0891. The van der Waals surface area contributed by atoms with Crippen molar-refractivity contribution >= 4 is 52.5 Å². The summed E-state index contributed by atoms with van der Waals surface area (Å²) in [7, 11) is 2.90. The van der Waals surface area contributed by atoms with Crippen LogP contribution in [0.4, 0.5) is 0 Å². The predicted molar refractivity (Wildman–Crippen MR) is 110 cm³/mol. The standard InChI is InChI=1S/C19H17Cl3N2O3/c1-23-19(25)18(24-26-2)14-8-4-3-6-13(14)11-27-15-9-5-7-12(17(15)22)10-16(20)21/h3-10H,11H2,1-2H3,(H,23,25)/b24-18+. The molecule has 27 heavy (non-hydrogen) atoms. The van der Waals surface area contributed by atoms with E-state index in [-0.39, 0.29) is 22.7 Å². The van der Waals surface area contributed by atoms with E-state index in [1.165, 1.54) is 20.2 Å². The highest BCUT2D eigenvalue weighted by Gasteiger charge is 2.18. The molecule has 2 rings (SSSR count). The number of nitrogens with one attached hydrogen (secondary N) is 1. The smallest absolute Gasteiger partial charge is 0.273 e. The highest BCUT2D eigenvalue weighted by molar-refractivity contribution is 6.57. The molecule has 0 saturated carbocycles. The van der Waals surface area contributed by atoms with Crippen molar-refractivity contribution in [1.29, 1.82) is 0 Å². The fourth-order valence-electron chi connectivity index (χ4n) is 2.32. The van der Waals surface area contributed by atoms with E-state index < -0.39 is 0 Å². The highest BCUT2D eigenvalue weighted by Crippen LogP contribution is 2.31. The van der Waals surface area contributed by atoms with Crippen LogP contribution in [0.1, 0.15) is 16.7 Å². The molecule has 142 valence electrons. The van der Waals surface area contributed by atoms with Gasteiger partial charge in [0.05, 0.1) is 5.02 Å². The maximum absolute atomic E-state index is 12.1. The fraction of sp³-hybridized carbons (Fsp3) is 0.158. The molecule has 0 aliphatic heterocycles. The van der Waals surface area contributed by atoms with E-state index in [1.54, 1.807) is 30.3 Å². The largest absolute Gasteiger partial charge is 0.487 e. The maximum atomic E-state index is 12.1. The molecule has 2 aromatic rings. The van der Waals surface area contributed by atoms with Gasteiger partial charge in [0.1, 0.15) is 24.0 Å². The molecule has 8 heteroatoms. The Hall–Kier alpha value is -2.21. The van der Waals surface area contributed by atoms with Gasteiger partial charge in [-0.25, -0.2) is 0 Å². The van der Waals surface area contributed by atoms with Crippen molar-refractivity contribution < 1.29 is 14.4 Å². The fourth-order valence-corrected chi connectivity index (χ4v) is 2.79. The van der Waals surface area contributed by atoms with Crippen LogP contribution in [-0.2, 0) is 16.2 Å². The molecule has 1 N–H and O–H groups in total. The number of benzene rings is 2. The summed E-state index contributed by atoms with van der Waals surface area (Å²) in [5, 5.41) is 6.75. The van der Waals surface area contributed by atoms with Crippen molar-refractivity contribution in [1.82, 2.24) is 5.32 Å². The number of amides is 1. The number of rotatable bonds is 7. The third kappa shape index (κ3) is 5.63. The Bertz CT molecular complexity index is 878. The van der Waals surface area contributed by atoms with E-state index >= 15 is 0 Å². The Morgan fingerprint density at radius 1 is 1.19 bits per heavy atom. The van der Waals surface area contributed by atoms with Crippen molar-refractivity contribution in [2.45, 2.75) is 6.61 Å². The van der Waals surface area contributed by atoms with E-state index in [0.717, 1.165) is 5.56 Å². The molecule has 0 heterocycles. The van der Waals surface area contributed by atoms with Crippen molar-refractivity contribution in [3.63, 3.8) is 0 Å². The van der Waals surface area contributed by atoms with Gasteiger partial charge in [0.2, 0.25) is 0 Å². The summed E-state index contributed by atoms with van der Waals surface area (Å²) in [5.41, 5.74) is 2.12. The lowest BCUT2D eigenvalue weighted by molar-refractivity contribution is -0.114. The lowest BCUT2D eigenvalue weighted by atomic mass is 10.0. The first-order valence-corrected chi connectivity index (χ1v) is 8.96. The highest BCUT2D eigenvalue weighted by atomic mass is 35.5. The summed E-state index contributed by atoms with van der Waals surface area (Å²) in [6, 6.07) is 12.5. The predicted octanol–water partition coefficient (Wildman–Crippen LogP) is 4.79. The Morgan fingerprint density at radius 2 is 1.93 bits per heavy atom. The molecule has 0 radical (unpaired) electrons. The third-order valence-corrected chi connectivity index (χ3v) is 4.16. The van der Waals surface area contributed by atoms with Crippen LogP contribution in [0.15, 0.2) is 52.1 Å². The van der Waals surface area contributed by atoms with E-state index in [0.29, 0.717) is 21.9 Å². The average Bonchev–Trinajstić information content (AvgIpc) is 2.66. The molecular weight excluding hydrogens is 411 g/mol.